The van der Waals surface area contributed by atoms with Crippen LogP contribution in [0.1, 0.15) is 10.4 Å². The van der Waals surface area contributed by atoms with Crippen molar-refractivity contribution in [1.82, 2.24) is 9.55 Å². The van der Waals surface area contributed by atoms with Gasteiger partial charge in [0.25, 0.3) is 11.5 Å². The molecular formula is C18H13Cl2N3O4. The van der Waals surface area contributed by atoms with Gasteiger partial charge in [-0.05, 0) is 30.3 Å². The van der Waals surface area contributed by atoms with Crippen molar-refractivity contribution in [2.75, 3.05) is 12.4 Å². The maximum atomic E-state index is 12.7. The van der Waals surface area contributed by atoms with Crippen LogP contribution in [0.2, 0.25) is 10.0 Å². The Bertz CT molecular complexity index is 1120. The number of rotatable bonds is 4. The average Bonchev–Trinajstić information content (AvgIpc) is 2.61. The summed E-state index contributed by atoms with van der Waals surface area (Å²) in [5.74, 6) is -0.256. The number of aromatic amines is 1. The molecule has 0 atom stereocenters. The summed E-state index contributed by atoms with van der Waals surface area (Å²) >= 11 is 11.8. The molecule has 0 aliphatic heterocycles. The zero-order valence-corrected chi connectivity index (χ0v) is 15.5. The Kier molecular flexibility index (Phi) is 5.34. The topological polar surface area (TPSA) is 93.2 Å². The number of nitrogens with zero attached hydrogens (tertiary/aromatic N) is 1. The molecular weight excluding hydrogens is 393 g/mol. The van der Waals surface area contributed by atoms with Gasteiger partial charge in [0.2, 0.25) is 0 Å². The fraction of sp³-hybridized carbons (Fsp3) is 0.0556. The van der Waals surface area contributed by atoms with E-state index in [2.05, 4.69) is 10.3 Å². The maximum absolute atomic E-state index is 12.7. The van der Waals surface area contributed by atoms with Gasteiger partial charge in [-0.3, -0.25) is 9.59 Å². The first kappa shape index (κ1) is 18.8. The number of benzene rings is 2. The molecule has 0 bridgehead atoms. The van der Waals surface area contributed by atoms with Crippen molar-refractivity contribution in [3.8, 4) is 11.4 Å². The minimum Gasteiger partial charge on any atom is -0.497 e. The lowest BCUT2D eigenvalue weighted by molar-refractivity contribution is 0.102. The van der Waals surface area contributed by atoms with Gasteiger partial charge in [0, 0.05) is 28.0 Å². The number of aromatic nitrogens is 2. The lowest BCUT2D eigenvalue weighted by atomic mass is 10.2. The van der Waals surface area contributed by atoms with Gasteiger partial charge in [-0.25, -0.2) is 9.36 Å². The first-order valence-corrected chi connectivity index (χ1v) is 8.41. The summed E-state index contributed by atoms with van der Waals surface area (Å²) in [6.45, 7) is 0. The molecule has 9 heteroatoms. The molecule has 0 saturated heterocycles. The molecule has 1 amide bonds. The summed E-state index contributed by atoms with van der Waals surface area (Å²) in [6.07, 6.45) is 1.06. The first-order chi connectivity index (χ1) is 12.9. The number of carbonyl (C=O) groups is 1. The number of hydrogen-bond donors (Lipinski definition) is 2. The van der Waals surface area contributed by atoms with Crippen LogP contribution in [0.25, 0.3) is 5.69 Å². The predicted octanol–water partition coefficient (Wildman–Crippen LogP) is 3.09. The minimum absolute atomic E-state index is 0.256. The van der Waals surface area contributed by atoms with Gasteiger partial charge in [-0.15, -0.1) is 0 Å². The van der Waals surface area contributed by atoms with Gasteiger partial charge in [-0.1, -0.05) is 29.3 Å². The molecule has 2 N–H and O–H groups in total. The van der Waals surface area contributed by atoms with E-state index in [1.165, 1.54) is 31.4 Å². The molecule has 1 heterocycles. The number of methoxy groups -OCH3 is 1. The lowest BCUT2D eigenvalue weighted by Crippen LogP contribution is -2.38. The third-order valence-corrected chi connectivity index (χ3v) is 4.09. The highest BCUT2D eigenvalue weighted by Crippen LogP contribution is 2.22. The Labute approximate surface area is 163 Å². The smallest absolute Gasteiger partial charge is 0.333 e. The van der Waals surface area contributed by atoms with E-state index in [9.17, 15) is 14.4 Å². The number of hydrogen-bond acceptors (Lipinski definition) is 4. The molecule has 3 aromatic rings. The van der Waals surface area contributed by atoms with Gasteiger partial charge < -0.3 is 15.0 Å². The van der Waals surface area contributed by atoms with E-state index in [0.29, 0.717) is 21.5 Å². The fourth-order valence-corrected chi connectivity index (χ4v) is 2.97. The van der Waals surface area contributed by atoms with Gasteiger partial charge in [0.15, 0.2) is 0 Å². The van der Waals surface area contributed by atoms with Crippen LogP contribution in [0, 0.1) is 0 Å². The number of ether oxygens (including phenoxy) is 1. The van der Waals surface area contributed by atoms with Crippen molar-refractivity contribution in [2.45, 2.75) is 0 Å². The van der Waals surface area contributed by atoms with Gasteiger partial charge >= 0.3 is 5.69 Å². The molecule has 0 radical (unpaired) electrons. The van der Waals surface area contributed by atoms with E-state index in [0.717, 1.165) is 10.8 Å². The van der Waals surface area contributed by atoms with Crippen molar-refractivity contribution < 1.29 is 9.53 Å². The van der Waals surface area contributed by atoms with Crippen LogP contribution in [-0.2, 0) is 0 Å². The third kappa shape index (κ3) is 4.05. The molecule has 27 heavy (non-hydrogen) atoms. The van der Waals surface area contributed by atoms with Crippen LogP contribution in [0.15, 0.2) is 58.3 Å². The SMILES string of the molecule is COc1cccc(-n2c(=O)[nH]cc(C(=O)Nc3cc(Cl)cc(Cl)c3)c2=O)c1. The maximum Gasteiger partial charge on any atom is 0.333 e. The summed E-state index contributed by atoms with van der Waals surface area (Å²) in [5.41, 5.74) is -1.14. The molecule has 0 spiro atoms. The van der Waals surface area contributed by atoms with Crippen LogP contribution in [0.5, 0.6) is 5.75 Å². The Morgan fingerprint density at radius 1 is 1.11 bits per heavy atom. The van der Waals surface area contributed by atoms with E-state index in [1.807, 2.05) is 0 Å². The van der Waals surface area contributed by atoms with E-state index >= 15 is 0 Å². The molecule has 7 nitrogen and oxygen atoms in total. The normalized spacial score (nSPS) is 10.5. The van der Waals surface area contributed by atoms with Crippen LogP contribution in [-0.4, -0.2) is 22.6 Å². The number of H-pyrrole nitrogens is 1. The molecule has 0 saturated carbocycles. The number of nitrogens with one attached hydrogen (secondary N) is 2. The number of halogens is 2. The predicted molar refractivity (Wildman–Crippen MR) is 104 cm³/mol. The molecule has 0 fully saturated rings. The second kappa shape index (κ2) is 7.69. The molecule has 1 aromatic heterocycles. The van der Waals surface area contributed by atoms with E-state index in [1.54, 1.807) is 18.2 Å². The van der Waals surface area contributed by atoms with Gasteiger partial charge in [-0.2, -0.15) is 0 Å². The van der Waals surface area contributed by atoms with E-state index in [-0.39, 0.29) is 11.3 Å². The Hall–Kier alpha value is -3.03. The molecule has 0 unspecified atom stereocenters. The van der Waals surface area contributed by atoms with E-state index < -0.39 is 17.2 Å². The van der Waals surface area contributed by atoms with Crippen molar-refractivity contribution in [1.29, 1.82) is 0 Å². The molecule has 3 rings (SSSR count). The van der Waals surface area contributed by atoms with Crippen molar-refractivity contribution in [3.63, 3.8) is 0 Å². The largest absolute Gasteiger partial charge is 0.497 e. The van der Waals surface area contributed by atoms with Gasteiger partial charge in [0.05, 0.1) is 12.8 Å². The van der Waals surface area contributed by atoms with Crippen LogP contribution in [0.3, 0.4) is 0 Å². The van der Waals surface area contributed by atoms with Crippen LogP contribution >= 0.6 is 23.2 Å². The number of anilines is 1. The summed E-state index contributed by atoms with van der Waals surface area (Å²) < 4.78 is 5.95. The van der Waals surface area contributed by atoms with Crippen molar-refractivity contribution in [2.24, 2.45) is 0 Å². The van der Waals surface area contributed by atoms with Gasteiger partial charge in [0.1, 0.15) is 11.3 Å². The fourth-order valence-electron chi connectivity index (χ4n) is 2.44. The number of amides is 1. The standard InChI is InChI=1S/C18H13Cl2N3O4/c1-27-14-4-2-3-13(8-14)23-17(25)15(9-21-18(23)26)16(24)22-12-6-10(19)5-11(20)7-12/h2-9H,1H3,(H,21,26)(H,22,24). The highest BCUT2D eigenvalue weighted by Gasteiger charge is 2.16. The Balaban J connectivity index is 2.03. The monoisotopic (exact) mass is 405 g/mol. The van der Waals surface area contributed by atoms with E-state index in [4.69, 9.17) is 27.9 Å². The second-order valence-corrected chi connectivity index (χ2v) is 6.33. The quantitative estimate of drug-likeness (QED) is 0.697. The average molecular weight is 406 g/mol. The minimum atomic E-state index is -0.780. The highest BCUT2D eigenvalue weighted by molar-refractivity contribution is 6.35. The second-order valence-electron chi connectivity index (χ2n) is 5.46. The zero-order valence-electron chi connectivity index (χ0n) is 14.0. The summed E-state index contributed by atoms with van der Waals surface area (Å²) in [7, 11) is 1.46. The molecule has 2 aromatic carbocycles. The Morgan fingerprint density at radius 2 is 1.81 bits per heavy atom. The third-order valence-electron chi connectivity index (χ3n) is 3.65. The lowest BCUT2D eigenvalue weighted by Gasteiger charge is -2.09. The summed E-state index contributed by atoms with van der Waals surface area (Å²) in [4.78, 5) is 39.8. The molecule has 138 valence electrons. The van der Waals surface area contributed by atoms with Crippen LogP contribution < -0.4 is 21.3 Å². The molecule has 0 aliphatic carbocycles. The summed E-state index contributed by atoms with van der Waals surface area (Å²) in [6, 6.07) is 10.8. The summed E-state index contributed by atoms with van der Waals surface area (Å²) in [5, 5.41) is 3.19. The molecule has 0 aliphatic rings. The van der Waals surface area contributed by atoms with Crippen molar-refractivity contribution in [3.05, 3.63) is 85.1 Å². The highest BCUT2D eigenvalue weighted by atomic mass is 35.5. The Morgan fingerprint density at radius 3 is 2.48 bits per heavy atom. The van der Waals surface area contributed by atoms with Crippen molar-refractivity contribution >= 4 is 34.8 Å². The zero-order chi connectivity index (χ0) is 19.6. The first-order valence-electron chi connectivity index (χ1n) is 7.65. The van der Waals surface area contributed by atoms with Crippen LogP contribution in [0.4, 0.5) is 5.69 Å². The number of carbonyl (C=O) groups excluding carboxylic acids is 1.